The second-order valence-electron chi connectivity index (χ2n) is 9.79. The molecule has 37 heavy (non-hydrogen) atoms. The van der Waals surface area contributed by atoms with Crippen LogP contribution in [0.25, 0.3) is 0 Å². The molecule has 1 fully saturated rings. The molecule has 0 aromatic heterocycles. The number of rotatable bonds is 11. The lowest BCUT2D eigenvalue weighted by Gasteiger charge is -2.35. The van der Waals surface area contributed by atoms with E-state index in [1.54, 1.807) is 31.4 Å². The first kappa shape index (κ1) is 27.9. The fraction of sp³-hybridized carbons (Fsp3) is 0.433. The number of piperidine rings is 1. The quantitative estimate of drug-likeness (QED) is 0.363. The predicted molar refractivity (Wildman–Crippen MR) is 144 cm³/mol. The van der Waals surface area contributed by atoms with Gasteiger partial charge >= 0.3 is 0 Å². The molecule has 1 unspecified atom stereocenters. The Kier molecular flexibility index (Phi) is 10.3. The van der Waals surface area contributed by atoms with Crippen molar-refractivity contribution in [1.82, 2.24) is 15.5 Å². The highest BCUT2D eigenvalue weighted by molar-refractivity contribution is 5.98. The van der Waals surface area contributed by atoms with Gasteiger partial charge in [0.15, 0.2) is 5.78 Å². The Balaban J connectivity index is 1.75. The average Bonchev–Trinajstić information content (AvgIpc) is 2.91. The van der Waals surface area contributed by atoms with Gasteiger partial charge in [0.05, 0.1) is 25.7 Å². The largest absolute Gasteiger partial charge is 0.497 e. The van der Waals surface area contributed by atoms with Crippen LogP contribution in [0.1, 0.15) is 49.0 Å². The second-order valence-corrected chi connectivity index (χ2v) is 9.79. The van der Waals surface area contributed by atoms with E-state index in [9.17, 15) is 14.4 Å². The number of likely N-dealkylation sites (tertiary alicyclic amines) is 1. The summed E-state index contributed by atoms with van der Waals surface area (Å²) in [5.41, 5.74) is 1.47. The molecule has 1 aliphatic heterocycles. The summed E-state index contributed by atoms with van der Waals surface area (Å²) in [6, 6.07) is 14.9. The molecule has 2 aromatic rings. The minimum atomic E-state index is -0.789. The van der Waals surface area contributed by atoms with Crippen molar-refractivity contribution in [3.63, 3.8) is 0 Å². The number of nitrogens with one attached hydrogen (secondary N) is 2. The van der Waals surface area contributed by atoms with E-state index in [1.165, 1.54) is 0 Å². The maximum Gasteiger partial charge on any atom is 0.243 e. The second kappa shape index (κ2) is 13.6. The van der Waals surface area contributed by atoms with Crippen molar-refractivity contribution in [2.24, 2.45) is 5.92 Å². The Bertz CT molecular complexity index is 1110. The molecule has 1 aliphatic rings. The molecule has 3 rings (SSSR count). The molecule has 1 saturated heterocycles. The molecule has 196 valence electrons. The number of benzene rings is 2. The summed E-state index contributed by atoms with van der Waals surface area (Å²) in [4.78, 5) is 41.7. The van der Waals surface area contributed by atoms with Crippen molar-refractivity contribution in [2.75, 3.05) is 20.2 Å². The summed E-state index contributed by atoms with van der Waals surface area (Å²) in [5, 5.41) is 5.87. The monoisotopic (exact) mass is 503 g/mol. The molecule has 0 radical (unpaired) electrons. The molecule has 0 spiro atoms. The molecule has 0 bridgehead atoms. The number of amides is 2. The summed E-state index contributed by atoms with van der Waals surface area (Å²) in [6.07, 6.45) is 8.37. The van der Waals surface area contributed by atoms with Crippen LogP contribution in [-0.2, 0) is 16.0 Å². The molecule has 7 nitrogen and oxygen atoms in total. The molecule has 1 heterocycles. The van der Waals surface area contributed by atoms with Crippen LogP contribution in [0.4, 0.5) is 0 Å². The van der Waals surface area contributed by atoms with E-state index in [4.69, 9.17) is 11.2 Å². The van der Waals surface area contributed by atoms with Crippen LogP contribution >= 0.6 is 0 Å². The minimum absolute atomic E-state index is 0.0542. The summed E-state index contributed by atoms with van der Waals surface area (Å²) < 4.78 is 5.24. The number of ether oxygens (including phenoxy) is 1. The van der Waals surface area contributed by atoms with Crippen molar-refractivity contribution in [2.45, 2.75) is 57.7 Å². The zero-order valence-corrected chi connectivity index (χ0v) is 21.9. The van der Waals surface area contributed by atoms with Gasteiger partial charge in [-0.1, -0.05) is 68.7 Å². The first-order chi connectivity index (χ1) is 17.8. The number of terminal acetylenes is 1. The third-order valence-electron chi connectivity index (χ3n) is 6.71. The van der Waals surface area contributed by atoms with Crippen molar-refractivity contribution in [3.8, 4) is 18.1 Å². The van der Waals surface area contributed by atoms with Crippen LogP contribution in [0.2, 0.25) is 0 Å². The number of ketones is 1. The number of hydrogen-bond acceptors (Lipinski definition) is 5. The summed E-state index contributed by atoms with van der Waals surface area (Å²) in [5.74, 6) is 2.64. The smallest absolute Gasteiger partial charge is 0.243 e. The number of hydrogen-bond donors (Lipinski definition) is 2. The summed E-state index contributed by atoms with van der Waals surface area (Å²) in [7, 11) is 1.56. The third kappa shape index (κ3) is 7.93. The van der Waals surface area contributed by atoms with Crippen LogP contribution in [0.5, 0.6) is 5.75 Å². The van der Waals surface area contributed by atoms with Crippen LogP contribution in [-0.4, -0.2) is 60.8 Å². The van der Waals surface area contributed by atoms with Gasteiger partial charge in [-0.2, -0.15) is 0 Å². The molecule has 7 heteroatoms. The van der Waals surface area contributed by atoms with Crippen LogP contribution in [0, 0.1) is 18.3 Å². The molecule has 0 aliphatic carbocycles. The van der Waals surface area contributed by atoms with Gasteiger partial charge in [0.25, 0.3) is 0 Å². The lowest BCUT2D eigenvalue weighted by atomic mass is 9.98. The zero-order valence-electron chi connectivity index (χ0n) is 21.9. The summed E-state index contributed by atoms with van der Waals surface area (Å²) >= 11 is 0. The van der Waals surface area contributed by atoms with Crippen LogP contribution in [0.15, 0.2) is 54.6 Å². The fourth-order valence-electron chi connectivity index (χ4n) is 4.53. The Morgan fingerprint density at radius 2 is 1.84 bits per heavy atom. The van der Waals surface area contributed by atoms with Crippen LogP contribution < -0.4 is 15.4 Å². The summed E-state index contributed by atoms with van der Waals surface area (Å²) in [6.45, 7) is 4.63. The first-order valence-electron chi connectivity index (χ1n) is 12.8. The molecular weight excluding hydrogens is 466 g/mol. The van der Waals surface area contributed by atoms with Crippen molar-refractivity contribution in [3.05, 3.63) is 65.7 Å². The van der Waals surface area contributed by atoms with Gasteiger partial charge in [0.2, 0.25) is 11.8 Å². The highest BCUT2D eigenvalue weighted by atomic mass is 16.5. The number of Topliss-reactive ketones (excluding diaryl/α,β-unsaturated/α-hetero) is 1. The van der Waals surface area contributed by atoms with E-state index in [0.717, 1.165) is 18.4 Å². The van der Waals surface area contributed by atoms with Crippen LogP contribution in [0.3, 0.4) is 0 Å². The first-order valence-corrected chi connectivity index (χ1v) is 12.8. The SMILES string of the molecule is C#C[C@@H](NC(=O)[C@H](Cc1ccccc1)NC(=O)C1CCCCN1CC(=O)c1cccc(OC)c1)C(C)C. The molecular formula is C30H37N3O4. The maximum absolute atomic E-state index is 13.5. The Labute approximate surface area is 220 Å². The van der Waals surface area contributed by atoms with Gasteiger partial charge in [0.1, 0.15) is 11.8 Å². The van der Waals surface area contributed by atoms with E-state index >= 15 is 0 Å². The lowest BCUT2D eigenvalue weighted by molar-refractivity contribution is -0.132. The molecule has 0 saturated carbocycles. The van der Waals surface area contributed by atoms with Gasteiger partial charge in [0, 0.05) is 12.0 Å². The van der Waals surface area contributed by atoms with E-state index in [1.807, 2.05) is 49.1 Å². The number of carbonyl (C=O) groups excluding carboxylic acids is 3. The van der Waals surface area contributed by atoms with Crippen molar-refractivity contribution in [1.29, 1.82) is 0 Å². The van der Waals surface area contributed by atoms with Crippen molar-refractivity contribution < 1.29 is 19.1 Å². The molecule has 2 N–H and O–H groups in total. The van der Waals surface area contributed by atoms with Crippen molar-refractivity contribution >= 4 is 17.6 Å². The number of nitrogens with zero attached hydrogens (tertiary/aromatic N) is 1. The lowest BCUT2D eigenvalue weighted by Crippen LogP contribution is -2.57. The number of carbonyl (C=O) groups is 3. The average molecular weight is 504 g/mol. The highest BCUT2D eigenvalue weighted by Crippen LogP contribution is 2.20. The maximum atomic E-state index is 13.5. The fourth-order valence-corrected chi connectivity index (χ4v) is 4.53. The van der Waals surface area contributed by atoms with E-state index in [2.05, 4.69) is 16.6 Å². The highest BCUT2D eigenvalue weighted by Gasteiger charge is 2.33. The normalized spacial score (nSPS) is 17.3. The standard InChI is InChI=1S/C30H37N3O4/c1-5-25(21(2)3)31-29(35)26(18-22-12-7-6-8-13-22)32-30(36)27-16-9-10-17-33(27)20-28(34)23-14-11-15-24(19-23)37-4/h1,6-8,11-15,19,21,25-27H,9-10,16-18,20H2,2-4H3,(H,31,35)(H,32,36)/t25-,26+,27?/m1/s1. The van der Waals surface area contributed by atoms with Gasteiger partial charge in [-0.25, -0.2) is 0 Å². The molecule has 2 aromatic carbocycles. The van der Waals surface area contributed by atoms with E-state index < -0.39 is 18.1 Å². The Morgan fingerprint density at radius 3 is 2.51 bits per heavy atom. The third-order valence-corrected chi connectivity index (χ3v) is 6.71. The molecule has 3 atom stereocenters. The Hall–Kier alpha value is -3.63. The van der Waals surface area contributed by atoms with E-state index in [-0.39, 0.29) is 30.1 Å². The topological polar surface area (TPSA) is 87.7 Å². The number of methoxy groups -OCH3 is 1. The van der Waals surface area contributed by atoms with Gasteiger partial charge in [-0.05, 0) is 43.0 Å². The minimum Gasteiger partial charge on any atom is -0.497 e. The predicted octanol–water partition coefficient (Wildman–Crippen LogP) is 3.23. The molecule has 2 amide bonds. The Morgan fingerprint density at radius 1 is 1.08 bits per heavy atom. The van der Waals surface area contributed by atoms with Gasteiger partial charge in [-0.3, -0.25) is 19.3 Å². The zero-order chi connectivity index (χ0) is 26.8. The van der Waals surface area contributed by atoms with Gasteiger partial charge < -0.3 is 15.4 Å². The van der Waals surface area contributed by atoms with Gasteiger partial charge in [-0.15, -0.1) is 6.42 Å². The van der Waals surface area contributed by atoms with E-state index in [0.29, 0.717) is 30.7 Å².